The third kappa shape index (κ3) is 4.91. The normalized spacial score (nSPS) is 24.6. The van der Waals surface area contributed by atoms with Crippen LogP contribution in [0, 0.1) is 0 Å². The first-order valence-corrected chi connectivity index (χ1v) is 12.9. The number of carbonyl (C=O) groups excluding carboxylic acids is 1. The largest absolute Gasteiger partial charge is 0.508 e. The number of aromatic hydroxyl groups is 1. The number of amides is 1. The molecule has 1 saturated carbocycles. The predicted molar refractivity (Wildman–Crippen MR) is 136 cm³/mol. The first-order chi connectivity index (χ1) is 16.6. The number of rotatable bonds is 7. The summed E-state index contributed by atoms with van der Waals surface area (Å²) < 4.78 is 0. The maximum Gasteiger partial charge on any atom is 0.251 e. The summed E-state index contributed by atoms with van der Waals surface area (Å²) in [4.78, 5) is 18.0. The minimum Gasteiger partial charge on any atom is -0.508 e. The molecule has 2 aromatic carbocycles. The van der Waals surface area contributed by atoms with Gasteiger partial charge in [0.1, 0.15) is 5.75 Å². The summed E-state index contributed by atoms with van der Waals surface area (Å²) >= 11 is 0. The number of fused-ring (bicyclic) bond motifs is 2. The highest BCUT2D eigenvalue weighted by Crippen LogP contribution is 2.41. The van der Waals surface area contributed by atoms with Crippen molar-refractivity contribution in [3.63, 3.8) is 0 Å². The fraction of sp³-hybridized carbons (Fsp3) is 0.483. The summed E-state index contributed by atoms with van der Waals surface area (Å²) in [7, 11) is 0. The van der Waals surface area contributed by atoms with Gasteiger partial charge in [-0.2, -0.15) is 0 Å². The van der Waals surface area contributed by atoms with Gasteiger partial charge >= 0.3 is 0 Å². The number of phenolic OH excluding ortho intramolecular Hbond substituents is 1. The minimum absolute atomic E-state index is 0.0299. The van der Waals surface area contributed by atoms with Gasteiger partial charge in [-0.15, -0.1) is 6.58 Å². The number of carbonyl (C=O) groups is 1. The number of hydrogen-bond donors (Lipinski definition) is 2. The first kappa shape index (κ1) is 23.1. The van der Waals surface area contributed by atoms with Crippen molar-refractivity contribution in [2.75, 3.05) is 19.6 Å². The molecular weight excluding hydrogens is 422 g/mol. The van der Waals surface area contributed by atoms with Crippen molar-refractivity contribution < 1.29 is 9.90 Å². The predicted octanol–water partition coefficient (Wildman–Crippen LogP) is 4.88. The molecule has 3 unspecified atom stereocenters. The first-order valence-electron chi connectivity index (χ1n) is 12.9. The Bertz CT molecular complexity index is 999. The van der Waals surface area contributed by atoms with Gasteiger partial charge in [-0.25, -0.2) is 0 Å². The second-order valence-corrected chi connectivity index (χ2v) is 10.2. The van der Waals surface area contributed by atoms with Gasteiger partial charge in [0.15, 0.2) is 0 Å². The van der Waals surface area contributed by atoms with Crippen LogP contribution in [0.5, 0.6) is 5.75 Å². The molecule has 180 valence electrons. The lowest BCUT2D eigenvalue weighted by Gasteiger charge is -2.37. The van der Waals surface area contributed by atoms with Gasteiger partial charge in [-0.1, -0.05) is 43.2 Å². The molecule has 2 bridgehead atoms. The average molecular weight is 460 g/mol. The third-order valence-electron chi connectivity index (χ3n) is 7.97. The van der Waals surface area contributed by atoms with Crippen LogP contribution in [0.2, 0.25) is 0 Å². The standard InChI is InChI=1S/C29H37N3O2/c1-2-17-31-18-16-25-14-15-26(20-31)32(25)28(23-6-5-9-27(33)19-23)21-10-12-22(13-11-21)29(34)30-24-7-3-4-8-24/h2,5-6,9-13,19,24-26,28,33H,1,3-4,7-8,14-18,20H2,(H,30,34). The van der Waals surface area contributed by atoms with Crippen molar-refractivity contribution in [1.29, 1.82) is 0 Å². The Labute approximate surface area is 203 Å². The molecule has 3 fully saturated rings. The SMILES string of the molecule is C=CCN1CCC2CCC(C1)N2C(c1ccc(C(=O)NC2CCCC2)cc1)c1cccc(O)c1. The summed E-state index contributed by atoms with van der Waals surface area (Å²) in [6.07, 6.45) is 10.1. The zero-order chi connectivity index (χ0) is 23.5. The van der Waals surface area contributed by atoms with Gasteiger partial charge in [0.25, 0.3) is 5.91 Å². The van der Waals surface area contributed by atoms with E-state index >= 15 is 0 Å². The molecule has 2 aliphatic heterocycles. The monoisotopic (exact) mass is 459 g/mol. The molecule has 5 heteroatoms. The summed E-state index contributed by atoms with van der Waals surface area (Å²) in [5.41, 5.74) is 3.01. The molecule has 3 atom stereocenters. The van der Waals surface area contributed by atoms with E-state index in [4.69, 9.17) is 0 Å². The highest BCUT2D eigenvalue weighted by molar-refractivity contribution is 5.94. The van der Waals surface area contributed by atoms with Gasteiger partial charge < -0.3 is 10.4 Å². The Morgan fingerprint density at radius 3 is 2.53 bits per heavy atom. The highest BCUT2D eigenvalue weighted by atomic mass is 16.3. The van der Waals surface area contributed by atoms with E-state index < -0.39 is 0 Å². The van der Waals surface area contributed by atoms with E-state index in [2.05, 4.69) is 39.9 Å². The van der Waals surface area contributed by atoms with Crippen LogP contribution in [0.15, 0.2) is 61.2 Å². The molecule has 2 saturated heterocycles. The molecule has 5 rings (SSSR count). The smallest absolute Gasteiger partial charge is 0.251 e. The molecule has 3 aliphatic rings. The van der Waals surface area contributed by atoms with Crippen LogP contribution in [-0.2, 0) is 0 Å². The number of hydrogen-bond acceptors (Lipinski definition) is 4. The number of nitrogens with one attached hydrogen (secondary N) is 1. The molecule has 0 spiro atoms. The van der Waals surface area contributed by atoms with Gasteiger partial charge in [0.05, 0.1) is 6.04 Å². The summed E-state index contributed by atoms with van der Waals surface area (Å²) in [5, 5.41) is 13.5. The fourth-order valence-corrected chi connectivity index (χ4v) is 6.34. The van der Waals surface area contributed by atoms with Crippen LogP contribution in [0.3, 0.4) is 0 Å². The lowest BCUT2D eigenvalue weighted by atomic mass is 9.94. The van der Waals surface area contributed by atoms with Crippen LogP contribution in [0.4, 0.5) is 0 Å². The average Bonchev–Trinajstić information content (AvgIpc) is 3.44. The zero-order valence-corrected chi connectivity index (χ0v) is 20.0. The van der Waals surface area contributed by atoms with Crippen LogP contribution >= 0.6 is 0 Å². The maximum absolute atomic E-state index is 12.8. The van der Waals surface area contributed by atoms with Gasteiger partial charge in [-0.05, 0) is 67.5 Å². The Morgan fingerprint density at radius 1 is 1.03 bits per heavy atom. The van der Waals surface area contributed by atoms with Gasteiger partial charge in [0, 0.05) is 43.3 Å². The number of nitrogens with zero attached hydrogens (tertiary/aromatic N) is 2. The van der Waals surface area contributed by atoms with E-state index in [1.54, 1.807) is 6.07 Å². The molecule has 34 heavy (non-hydrogen) atoms. The molecule has 2 heterocycles. The Balaban J connectivity index is 1.44. The van der Waals surface area contributed by atoms with Crippen molar-refractivity contribution in [3.05, 3.63) is 77.9 Å². The Hall–Kier alpha value is -2.63. The highest BCUT2D eigenvalue weighted by Gasteiger charge is 2.41. The zero-order valence-electron chi connectivity index (χ0n) is 20.0. The van der Waals surface area contributed by atoms with Crippen LogP contribution in [0.25, 0.3) is 0 Å². The lowest BCUT2D eigenvalue weighted by Crippen LogP contribution is -2.42. The van der Waals surface area contributed by atoms with E-state index in [1.807, 2.05) is 30.3 Å². The van der Waals surface area contributed by atoms with Crippen LogP contribution < -0.4 is 5.32 Å². The van der Waals surface area contributed by atoms with Gasteiger partial charge in [0.2, 0.25) is 0 Å². The molecule has 2 N–H and O–H groups in total. The second-order valence-electron chi connectivity index (χ2n) is 10.2. The van der Waals surface area contributed by atoms with Crippen molar-refractivity contribution >= 4 is 5.91 Å². The molecule has 0 radical (unpaired) electrons. The van der Waals surface area contributed by atoms with Crippen molar-refractivity contribution in [3.8, 4) is 5.75 Å². The fourth-order valence-electron chi connectivity index (χ4n) is 6.34. The molecular formula is C29H37N3O2. The van der Waals surface area contributed by atoms with E-state index in [-0.39, 0.29) is 11.9 Å². The molecule has 2 aromatic rings. The summed E-state index contributed by atoms with van der Waals surface area (Å²) in [6.45, 7) is 7.01. The Morgan fingerprint density at radius 2 is 1.79 bits per heavy atom. The van der Waals surface area contributed by atoms with Crippen molar-refractivity contribution in [2.45, 2.75) is 69.1 Å². The lowest BCUT2D eigenvalue weighted by molar-refractivity contribution is 0.0937. The molecule has 1 amide bonds. The minimum atomic E-state index is 0.0299. The van der Waals surface area contributed by atoms with E-state index in [1.165, 1.54) is 31.2 Å². The molecule has 1 aliphatic carbocycles. The molecule has 0 aromatic heterocycles. The molecule has 5 nitrogen and oxygen atoms in total. The topological polar surface area (TPSA) is 55.8 Å². The quantitative estimate of drug-likeness (QED) is 0.580. The van der Waals surface area contributed by atoms with E-state index in [0.29, 0.717) is 23.9 Å². The van der Waals surface area contributed by atoms with Gasteiger partial charge in [-0.3, -0.25) is 14.6 Å². The van der Waals surface area contributed by atoms with Crippen LogP contribution in [0.1, 0.15) is 72.5 Å². The maximum atomic E-state index is 12.8. The van der Waals surface area contributed by atoms with E-state index in [0.717, 1.165) is 50.0 Å². The van der Waals surface area contributed by atoms with Crippen LogP contribution in [-0.4, -0.2) is 58.6 Å². The number of benzene rings is 2. The number of likely N-dealkylation sites (tertiary alicyclic amines) is 1. The van der Waals surface area contributed by atoms with Crippen molar-refractivity contribution in [1.82, 2.24) is 15.1 Å². The Kier molecular flexibility index (Phi) is 7.02. The summed E-state index contributed by atoms with van der Waals surface area (Å²) in [6, 6.07) is 17.2. The summed E-state index contributed by atoms with van der Waals surface area (Å²) in [5.74, 6) is 0.327. The third-order valence-corrected chi connectivity index (χ3v) is 7.97. The van der Waals surface area contributed by atoms with E-state index in [9.17, 15) is 9.90 Å². The second kappa shape index (κ2) is 10.3. The van der Waals surface area contributed by atoms with Crippen molar-refractivity contribution in [2.24, 2.45) is 0 Å². The number of phenols is 1.